The Morgan fingerprint density at radius 2 is 2.07 bits per heavy atom. The Morgan fingerprint density at radius 1 is 1.27 bits per heavy atom. The molecule has 0 saturated carbocycles. The van der Waals surface area contributed by atoms with E-state index in [2.05, 4.69) is 20.2 Å². The fourth-order valence-electron chi connectivity index (χ4n) is 2.50. The molecule has 0 spiro atoms. The Balaban J connectivity index is 1.87. The van der Waals surface area contributed by atoms with Gasteiger partial charge in [0.15, 0.2) is 0 Å². The lowest BCUT2D eigenvalue weighted by atomic mass is 10.2. The number of anilines is 1. The van der Waals surface area contributed by atoms with Gasteiger partial charge in [-0.1, -0.05) is 0 Å². The lowest BCUT2D eigenvalue weighted by Gasteiger charge is -2.23. The number of sulfonamides is 1. The van der Waals surface area contributed by atoms with Crippen LogP contribution in [0.4, 0.5) is 14.5 Å². The molecule has 0 unspecified atom stereocenters. The molecule has 162 valence electrons. The summed E-state index contributed by atoms with van der Waals surface area (Å²) in [5.41, 5.74) is 1.23. The highest BCUT2D eigenvalue weighted by atomic mass is 32.2. The van der Waals surface area contributed by atoms with E-state index in [1.54, 1.807) is 26.3 Å². The molecule has 0 amide bonds. The largest absolute Gasteiger partial charge is 0.414 e. The number of halogens is 2. The SMILES string of the molecule is CCS(=O)(=O)N(Cc1ncc(-c2nnc(C(F)F)o2)s1)c1cncc(CCOC)c1. The van der Waals surface area contributed by atoms with E-state index >= 15 is 0 Å². The standard InChI is InChI=1S/C17H19F2N5O4S2/c1-3-30(25,26)24(12-6-11(4-5-27-2)7-20-8-12)10-14-21-9-13(29-14)16-22-23-17(28-16)15(18)19/h6-9,15H,3-5,10H2,1-2H3. The van der Waals surface area contributed by atoms with Gasteiger partial charge in [0, 0.05) is 13.3 Å². The van der Waals surface area contributed by atoms with Gasteiger partial charge >= 0.3 is 6.43 Å². The van der Waals surface area contributed by atoms with Crippen LogP contribution in [0.25, 0.3) is 10.8 Å². The highest BCUT2D eigenvalue weighted by Gasteiger charge is 2.24. The van der Waals surface area contributed by atoms with Crippen molar-refractivity contribution in [3.8, 4) is 10.8 Å². The van der Waals surface area contributed by atoms with Crippen molar-refractivity contribution in [1.29, 1.82) is 0 Å². The molecule has 0 saturated heterocycles. The first-order chi connectivity index (χ1) is 14.3. The maximum Gasteiger partial charge on any atom is 0.314 e. The second kappa shape index (κ2) is 9.53. The van der Waals surface area contributed by atoms with E-state index in [1.165, 1.54) is 16.7 Å². The van der Waals surface area contributed by atoms with Crippen molar-refractivity contribution in [2.45, 2.75) is 26.3 Å². The summed E-state index contributed by atoms with van der Waals surface area (Å²) < 4.78 is 61.9. The number of pyridine rings is 1. The van der Waals surface area contributed by atoms with Crippen molar-refractivity contribution in [3.63, 3.8) is 0 Å². The maximum absolute atomic E-state index is 12.7. The highest BCUT2D eigenvalue weighted by molar-refractivity contribution is 7.92. The summed E-state index contributed by atoms with van der Waals surface area (Å²) in [5, 5.41) is 7.30. The molecule has 0 atom stereocenters. The Kier molecular flexibility index (Phi) is 7.05. The molecule has 0 fully saturated rings. The fourth-order valence-corrected chi connectivity index (χ4v) is 4.46. The highest BCUT2D eigenvalue weighted by Crippen LogP contribution is 2.30. The molecule has 0 N–H and O–H groups in total. The molecular weight excluding hydrogens is 440 g/mol. The third-order valence-corrected chi connectivity index (χ3v) is 6.75. The topological polar surface area (TPSA) is 111 Å². The van der Waals surface area contributed by atoms with Crippen LogP contribution in [0.1, 0.15) is 29.8 Å². The molecule has 9 nitrogen and oxygen atoms in total. The van der Waals surface area contributed by atoms with Crippen LogP contribution in [0, 0.1) is 0 Å². The third kappa shape index (κ3) is 5.15. The first kappa shape index (κ1) is 22.2. The third-order valence-electron chi connectivity index (χ3n) is 4.03. The minimum Gasteiger partial charge on any atom is -0.414 e. The average Bonchev–Trinajstić information content (AvgIpc) is 3.40. The molecule has 0 aliphatic heterocycles. The number of methoxy groups -OCH3 is 1. The lowest BCUT2D eigenvalue weighted by molar-refractivity contribution is 0.116. The average molecular weight is 460 g/mol. The van der Waals surface area contributed by atoms with Crippen molar-refractivity contribution in [3.05, 3.63) is 41.1 Å². The van der Waals surface area contributed by atoms with Crippen molar-refractivity contribution >= 4 is 27.0 Å². The number of alkyl halides is 2. The summed E-state index contributed by atoms with van der Waals surface area (Å²) in [6.07, 6.45) is 2.21. The van der Waals surface area contributed by atoms with E-state index in [1.807, 2.05) is 0 Å². The molecular formula is C17H19F2N5O4S2. The van der Waals surface area contributed by atoms with Crippen LogP contribution < -0.4 is 4.31 Å². The Bertz CT molecular complexity index is 1090. The molecule has 0 radical (unpaired) electrons. The first-order valence-corrected chi connectivity index (χ1v) is 11.3. The number of nitrogens with zero attached hydrogens (tertiary/aromatic N) is 5. The first-order valence-electron chi connectivity index (χ1n) is 8.84. The van der Waals surface area contributed by atoms with Gasteiger partial charge in [-0.15, -0.1) is 21.5 Å². The van der Waals surface area contributed by atoms with Crippen LogP contribution in [0.3, 0.4) is 0 Å². The summed E-state index contributed by atoms with van der Waals surface area (Å²) >= 11 is 1.08. The summed E-state index contributed by atoms with van der Waals surface area (Å²) in [6.45, 7) is 1.97. The molecule has 3 heterocycles. The number of hydrogen-bond donors (Lipinski definition) is 0. The van der Waals surface area contributed by atoms with E-state index < -0.39 is 22.3 Å². The van der Waals surface area contributed by atoms with E-state index in [0.29, 0.717) is 28.6 Å². The summed E-state index contributed by atoms with van der Waals surface area (Å²) in [5.74, 6) is -0.995. The van der Waals surface area contributed by atoms with E-state index in [4.69, 9.17) is 9.15 Å². The van der Waals surface area contributed by atoms with Gasteiger partial charge in [0.05, 0.1) is 37.0 Å². The van der Waals surface area contributed by atoms with E-state index in [9.17, 15) is 17.2 Å². The second-order valence-electron chi connectivity index (χ2n) is 6.07. The molecule has 0 aliphatic rings. The van der Waals surface area contributed by atoms with E-state index in [-0.39, 0.29) is 18.2 Å². The Morgan fingerprint density at radius 3 is 2.73 bits per heavy atom. The Hall–Kier alpha value is -2.51. The van der Waals surface area contributed by atoms with Gasteiger partial charge in [-0.2, -0.15) is 8.78 Å². The van der Waals surface area contributed by atoms with Crippen molar-refractivity contribution in [1.82, 2.24) is 20.2 Å². The summed E-state index contributed by atoms with van der Waals surface area (Å²) in [6, 6.07) is 1.74. The predicted octanol–water partition coefficient (Wildman–Crippen LogP) is 3.07. The molecule has 0 aliphatic carbocycles. The predicted molar refractivity (Wildman–Crippen MR) is 106 cm³/mol. The van der Waals surface area contributed by atoms with Gasteiger partial charge in [-0.05, 0) is 25.0 Å². The van der Waals surface area contributed by atoms with Crippen LogP contribution in [-0.4, -0.2) is 48.1 Å². The number of rotatable bonds is 10. The minimum absolute atomic E-state index is 0.0495. The quantitative estimate of drug-likeness (QED) is 0.455. The molecule has 3 rings (SSSR count). The van der Waals surface area contributed by atoms with Crippen LogP contribution in [0.15, 0.2) is 29.1 Å². The second-order valence-corrected chi connectivity index (χ2v) is 9.36. The monoisotopic (exact) mass is 459 g/mol. The van der Waals surface area contributed by atoms with Gasteiger partial charge in [-0.25, -0.2) is 13.4 Å². The van der Waals surface area contributed by atoms with E-state index in [0.717, 1.165) is 16.9 Å². The molecule has 0 bridgehead atoms. The van der Waals surface area contributed by atoms with Gasteiger partial charge < -0.3 is 9.15 Å². The summed E-state index contributed by atoms with van der Waals surface area (Å²) in [4.78, 5) is 8.69. The molecule has 13 heteroatoms. The van der Waals surface area contributed by atoms with Crippen molar-refractivity contribution < 1.29 is 26.4 Å². The molecule has 3 aromatic heterocycles. The molecule has 30 heavy (non-hydrogen) atoms. The zero-order valence-corrected chi connectivity index (χ0v) is 17.8. The van der Waals surface area contributed by atoms with Crippen LogP contribution in [0.5, 0.6) is 0 Å². The summed E-state index contributed by atoms with van der Waals surface area (Å²) in [7, 11) is -2.05. The van der Waals surface area contributed by atoms with Gasteiger partial charge in [0.25, 0.3) is 11.8 Å². The van der Waals surface area contributed by atoms with Gasteiger partial charge in [0.2, 0.25) is 10.0 Å². The zero-order chi connectivity index (χ0) is 21.7. The number of hydrogen-bond acceptors (Lipinski definition) is 9. The Labute approximate surface area is 175 Å². The minimum atomic E-state index is -3.63. The normalized spacial score (nSPS) is 11.9. The number of aromatic nitrogens is 4. The van der Waals surface area contributed by atoms with Crippen LogP contribution >= 0.6 is 11.3 Å². The number of thiazole rings is 1. The fraction of sp³-hybridized carbons (Fsp3) is 0.412. The van der Waals surface area contributed by atoms with Crippen LogP contribution in [-0.2, 0) is 27.7 Å². The zero-order valence-electron chi connectivity index (χ0n) is 16.2. The maximum atomic E-state index is 12.7. The lowest BCUT2D eigenvalue weighted by Crippen LogP contribution is -2.32. The van der Waals surface area contributed by atoms with Gasteiger partial charge in [-0.3, -0.25) is 9.29 Å². The molecule has 0 aromatic carbocycles. The van der Waals surface area contributed by atoms with Gasteiger partial charge in [0.1, 0.15) is 9.88 Å². The molecule has 3 aromatic rings. The number of ether oxygens (including phenoxy) is 1. The smallest absolute Gasteiger partial charge is 0.314 e. The van der Waals surface area contributed by atoms with Crippen molar-refractivity contribution in [2.24, 2.45) is 0 Å². The van der Waals surface area contributed by atoms with Crippen molar-refractivity contribution in [2.75, 3.05) is 23.8 Å². The van der Waals surface area contributed by atoms with Crippen LogP contribution in [0.2, 0.25) is 0 Å².